The fourth-order valence-corrected chi connectivity index (χ4v) is 0.755. The quantitative estimate of drug-likeness (QED) is 0.431. The van der Waals surface area contributed by atoms with E-state index >= 15 is 0 Å². The summed E-state index contributed by atoms with van der Waals surface area (Å²) < 4.78 is 5.05. The molecule has 0 aromatic carbocycles. The molecule has 0 bridgehead atoms. The predicted molar refractivity (Wildman–Crippen MR) is 33.2 cm³/mol. The molecule has 1 rings (SSSR count). The Labute approximate surface area is 45.9 Å². The second-order valence-corrected chi connectivity index (χ2v) is 2.35. The van der Waals surface area contributed by atoms with Gasteiger partial charge in [0.05, 0.1) is 13.2 Å². The van der Waals surface area contributed by atoms with Crippen LogP contribution in [0.15, 0.2) is 11.4 Å². The molecular weight excluding hydrogens is 107 g/mol. The minimum Gasteiger partial charge on any atom is -0.377 e. The number of hydrogen-bond donors (Lipinski definition) is 0. The molecule has 1 heterocycles. The van der Waals surface area contributed by atoms with Crippen LogP contribution in [0, 0.1) is 0 Å². The SMILES string of the molecule is PC1=CCOCC1. The zero-order valence-electron chi connectivity index (χ0n) is 4.18. The van der Waals surface area contributed by atoms with Gasteiger partial charge in [-0.05, 0) is 6.42 Å². The summed E-state index contributed by atoms with van der Waals surface area (Å²) in [6, 6.07) is 0. The summed E-state index contributed by atoms with van der Waals surface area (Å²) in [5.74, 6) is 0. The van der Waals surface area contributed by atoms with E-state index in [2.05, 4.69) is 15.3 Å². The minimum absolute atomic E-state index is 0.804. The Morgan fingerprint density at radius 3 is 2.86 bits per heavy atom. The summed E-state index contributed by atoms with van der Waals surface area (Å²) in [6.07, 6.45) is 3.18. The van der Waals surface area contributed by atoms with Gasteiger partial charge < -0.3 is 4.74 Å². The van der Waals surface area contributed by atoms with Gasteiger partial charge in [0.25, 0.3) is 0 Å². The van der Waals surface area contributed by atoms with Gasteiger partial charge in [0.15, 0.2) is 0 Å². The fourth-order valence-electron chi connectivity index (χ4n) is 0.541. The molecule has 2 heteroatoms. The fraction of sp³-hybridized carbons (Fsp3) is 0.600. The molecule has 0 radical (unpaired) electrons. The summed E-state index contributed by atoms with van der Waals surface area (Å²) in [5, 5.41) is 1.38. The van der Waals surface area contributed by atoms with Crippen LogP contribution in [-0.4, -0.2) is 13.2 Å². The van der Waals surface area contributed by atoms with Crippen molar-refractivity contribution in [3.05, 3.63) is 11.4 Å². The molecule has 0 aromatic rings. The maximum absolute atomic E-state index is 5.05. The summed E-state index contributed by atoms with van der Waals surface area (Å²) in [6.45, 7) is 1.70. The molecule has 0 fully saturated rings. The molecular formula is C5H9OP. The first kappa shape index (κ1) is 5.27. The summed E-state index contributed by atoms with van der Waals surface area (Å²) in [5.41, 5.74) is 0. The van der Waals surface area contributed by atoms with Crippen molar-refractivity contribution < 1.29 is 4.74 Å². The Bertz CT molecular complexity index is 88.1. The molecule has 7 heavy (non-hydrogen) atoms. The van der Waals surface area contributed by atoms with E-state index in [1.165, 1.54) is 5.31 Å². The van der Waals surface area contributed by atoms with E-state index in [1.807, 2.05) is 0 Å². The van der Waals surface area contributed by atoms with Crippen LogP contribution >= 0.6 is 9.24 Å². The molecule has 40 valence electrons. The van der Waals surface area contributed by atoms with E-state index in [1.54, 1.807) is 0 Å². The van der Waals surface area contributed by atoms with E-state index in [4.69, 9.17) is 4.74 Å². The third-order valence-corrected chi connectivity index (χ3v) is 1.52. The Hall–Kier alpha value is 0.130. The van der Waals surface area contributed by atoms with Crippen molar-refractivity contribution in [3.63, 3.8) is 0 Å². The van der Waals surface area contributed by atoms with Gasteiger partial charge in [-0.25, -0.2) is 0 Å². The molecule has 0 aromatic heterocycles. The minimum atomic E-state index is 0.804. The highest BCUT2D eigenvalue weighted by Gasteiger charge is 1.95. The monoisotopic (exact) mass is 116 g/mol. The second kappa shape index (κ2) is 2.44. The van der Waals surface area contributed by atoms with Crippen molar-refractivity contribution in [2.45, 2.75) is 6.42 Å². The lowest BCUT2D eigenvalue weighted by molar-refractivity contribution is 0.157. The lowest BCUT2D eigenvalue weighted by atomic mass is 10.3. The van der Waals surface area contributed by atoms with Crippen LogP contribution in [0.5, 0.6) is 0 Å². The molecule has 1 aliphatic heterocycles. The maximum Gasteiger partial charge on any atom is 0.0653 e. The first-order valence-corrected chi connectivity index (χ1v) is 2.99. The van der Waals surface area contributed by atoms with Gasteiger partial charge in [-0.3, -0.25) is 0 Å². The number of ether oxygens (including phenoxy) is 1. The van der Waals surface area contributed by atoms with Crippen LogP contribution in [-0.2, 0) is 4.74 Å². The van der Waals surface area contributed by atoms with E-state index < -0.39 is 0 Å². The van der Waals surface area contributed by atoms with E-state index in [9.17, 15) is 0 Å². The molecule has 0 spiro atoms. The lowest BCUT2D eigenvalue weighted by Gasteiger charge is -2.07. The van der Waals surface area contributed by atoms with Crippen LogP contribution in [0.3, 0.4) is 0 Å². The highest BCUT2D eigenvalue weighted by Crippen LogP contribution is 2.13. The second-order valence-electron chi connectivity index (χ2n) is 1.60. The van der Waals surface area contributed by atoms with E-state index in [-0.39, 0.29) is 0 Å². The van der Waals surface area contributed by atoms with Crippen LogP contribution in [0.4, 0.5) is 0 Å². The zero-order valence-corrected chi connectivity index (χ0v) is 5.34. The van der Waals surface area contributed by atoms with Crippen molar-refractivity contribution in [1.29, 1.82) is 0 Å². The van der Waals surface area contributed by atoms with E-state index in [0.29, 0.717) is 0 Å². The third-order valence-electron chi connectivity index (χ3n) is 0.998. The molecule has 0 saturated heterocycles. The molecule has 1 nitrogen and oxygen atoms in total. The molecule has 0 aliphatic carbocycles. The van der Waals surface area contributed by atoms with Crippen LogP contribution < -0.4 is 0 Å². The van der Waals surface area contributed by atoms with Gasteiger partial charge >= 0.3 is 0 Å². The number of rotatable bonds is 0. The molecule has 0 saturated carbocycles. The van der Waals surface area contributed by atoms with Crippen molar-refractivity contribution in [2.75, 3.05) is 13.2 Å². The van der Waals surface area contributed by atoms with Gasteiger partial charge in [0, 0.05) is 0 Å². The smallest absolute Gasteiger partial charge is 0.0653 e. The molecule has 0 amide bonds. The van der Waals surface area contributed by atoms with Gasteiger partial charge in [-0.1, -0.05) is 11.4 Å². The van der Waals surface area contributed by atoms with Crippen molar-refractivity contribution >= 4 is 9.24 Å². The highest BCUT2D eigenvalue weighted by molar-refractivity contribution is 7.22. The maximum atomic E-state index is 5.05. The van der Waals surface area contributed by atoms with Crippen molar-refractivity contribution in [1.82, 2.24) is 0 Å². The highest BCUT2D eigenvalue weighted by atomic mass is 31.0. The Morgan fingerprint density at radius 2 is 2.57 bits per heavy atom. The van der Waals surface area contributed by atoms with E-state index in [0.717, 1.165) is 19.6 Å². The molecule has 1 atom stereocenters. The average molecular weight is 116 g/mol. The predicted octanol–water partition coefficient (Wildman–Crippen LogP) is 1.17. The normalized spacial score (nSPS) is 21.6. The molecule has 1 unspecified atom stereocenters. The first-order valence-electron chi connectivity index (χ1n) is 2.42. The summed E-state index contributed by atoms with van der Waals surface area (Å²) in [7, 11) is 2.69. The lowest BCUT2D eigenvalue weighted by Crippen LogP contribution is -2.00. The van der Waals surface area contributed by atoms with Gasteiger partial charge in [0.1, 0.15) is 0 Å². The third kappa shape index (κ3) is 1.58. The molecule has 1 aliphatic rings. The first-order chi connectivity index (χ1) is 3.39. The number of hydrogen-bond acceptors (Lipinski definition) is 1. The van der Waals surface area contributed by atoms with Gasteiger partial charge in [-0.15, -0.1) is 9.24 Å². The van der Waals surface area contributed by atoms with Crippen LogP contribution in [0.1, 0.15) is 6.42 Å². The Kier molecular flexibility index (Phi) is 1.84. The zero-order chi connectivity index (χ0) is 5.11. The Morgan fingerprint density at radius 1 is 1.71 bits per heavy atom. The standard InChI is InChI=1S/C5H9OP/c7-5-1-3-6-4-2-5/h1H,2-4,7H2. The summed E-state index contributed by atoms with van der Waals surface area (Å²) >= 11 is 0. The Balaban J connectivity index is 2.40. The topological polar surface area (TPSA) is 9.23 Å². The average Bonchev–Trinajstić information content (AvgIpc) is 1.69. The van der Waals surface area contributed by atoms with Crippen molar-refractivity contribution in [3.8, 4) is 0 Å². The van der Waals surface area contributed by atoms with Crippen molar-refractivity contribution in [2.24, 2.45) is 0 Å². The van der Waals surface area contributed by atoms with Crippen LogP contribution in [0.25, 0.3) is 0 Å². The molecule has 0 N–H and O–H groups in total. The largest absolute Gasteiger partial charge is 0.377 e. The van der Waals surface area contributed by atoms with Gasteiger partial charge in [0.2, 0.25) is 0 Å². The van der Waals surface area contributed by atoms with Gasteiger partial charge in [-0.2, -0.15) is 0 Å². The van der Waals surface area contributed by atoms with Crippen LogP contribution in [0.2, 0.25) is 0 Å². The summed E-state index contributed by atoms with van der Waals surface area (Å²) in [4.78, 5) is 0.